The van der Waals surface area contributed by atoms with Crippen molar-refractivity contribution in [1.82, 2.24) is 5.43 Å². The number of nitrogens with one attached hydrogen (secondary N) is 1. The summed E-state index contributed by atoms with van der Waals surface area (Å²) >= 11 is 5.56. The van der Waals surface area contributed by atoms with Crippen LogP contribution in [0.25, 0.3) is 0 Å². The molecule has 96 valence electrons. The lowest BCUT2D eigenvalue weighted by molar-refractivity contribution is 0.0954. The van der Waals surface area contributed by atoms with E-state index in [2.05, 4.69) is 49.0 Å². The first kappa shape index (κ1) is 14.2. The van der Waals surface area contributed by atoms with E-state index < -0.39 is 0 Å². The highest BCUT2D eigenvalue weighted by molar-refractivity contribution is 14.1. The Bertz CT molecular complexity index is 611. The third-order valence-electron chi connectivity index (χ3n) is 2.37. The maximum absolute atomic E-state index is 11.9. The molecular formula is C14H10BrIN2O. The average molecular weight is 429 g/mol. The maximum atomic E-state index is 11.9. The summed E-state index contributed by atoms with van der Waals surface area (Å²) in [7, 11) is 0. The highest BCUT2D eigenvalue weighted by Gasteiger charge is 2.07. The van der Waals surface area contributed by atoms with Gasteiger partial charge in [-0.1, -0.05) is 24.3 Å². The van der Waals surface area contributed by atoms with Gasteiger partial charge in [0.1, 0.15) is 0 Å². The molecule has 0 saturated carbocycles. The van der Waals surface area contributed by atoms with Crippen LogP contribution < -0.4 is 5.43 Å². The van der Waals surface area contributed by atoms with Gasteiger partial charge in [0, 0.05) is 8.04 Å². The summed E-state index contributed by atoms with van der Waals surface area (Å²) in [6.45, 7) is 0. The number of amides is 1. The van der Waals surface area contributed by atoms with Gasteiger partial charge in [-0.3, -0.25) is 4.79 Å². The Balaban J connectivity index is 2.01. The molecule has 5 heteroatoms. The number of benzene rings is 2. The van der Waals surface area contributed by atoms with Gasteiger partial charge in [0.05, 0.1) is 11.8 Å². The summed E-state index contributed by atoms with van der Waals surface area (Å²) in [4.78, 5) is 11.9. The minimum Gasteiger partial charge on any atom is -0.267 e. The molecule has 0 saturated heterocycles. The van der Waals surface area contributed by atoms with Crippen LogP contribution in [0.3, 0.4) is 0 Å². The van der Waals surface area contributed by atoms with Gasteiger partial charge in [0.25, 0.3) is 5.91 Å². The number of carbonyl (C=O) groups is 1. The molecule has 0 aromatic heterocycles. The number of halogens is 2. The standard InChI is InChI=1S/C14H10BrIN2O/c15-13-4-2-1-3-12(13)14(19)18-17-9-10-5-7-11(16)8-6-10/h1-9H,(H,18,19)/b17-9+. The Morgan fingerprint density at radius 1 is 1.16 bits per heavy atom. The fraction of sp³-hybridized carbons (Fsp3) is 0. The Hall–Kier alpha value is -1.21. The molecule has 0 atom stereocenters. The van der Waals surface area contributed by atoms with Crippen LogP contribution in [0.1, 0.15) is 15.9 Å². The summed E-state index contributed by atoms with van der Waals surface area (Å²) < 4.78 is 1.91. The van der Waals surface area contributed by atoms with Gasteiger partial charge in [-0.05, 0) is 68.3 Å². The van der Waals surface area contributed by atoms with E-state index in [0.717, 1.165) is 13.6 Å². The van der Waals surface area contributed by atoms with E-state index >= 15 is 0 Å². The Labute approximate surface area is 133 Å². The topological polar surface area (TPSA) is 41.5 Å². The largest absolute Gasteiger partial charge is 0.272 e. The summed E-state index contributed by atoms with van der Waals surface area (Å²) in [6, 6.07) is 15.1. The van der Waals surface area contributed by atoms with Crippen molar-refractivity contribution in [3.05, 3.63) is 67.7 Å². The van der Waals surface area contributed by atoms with E-state index in [4.69, 9.17) is 0 Å². The molecule has 2 aromatic rings. The molecule has 0 spiro atoms. The lowest BCUT2D eigenvalue weighted by Crippen LogP contribution is -2.18. The Morgan fingerprint density at radius 3 is 2.53 bits per heavy atom. The van der Waals surface area contributed by atoms with E-state index in [1.54, 1.807) is 12.3 Å². The molecule has 0 bridgehead atoms. The van der Waals surface area contributed by atoms with Gasteiger partial charge in [0.15, 0.2) is 0 Å². The summed E-state index contributed by atoms with van der Waals surface area (Å²) in [5, 5.41) is 3.94. The monoisotopic (exact) mass is 428 g/mol. The fourth-order valence-electron chi connectivity index (χ4n) is 1.42. The Kier molecular flexibility index (Phi) is 5.09. The predicted octanol–water partition coefficient (Wildman–Crippen LogP) is 3.82. The van der Waals surface area contributed by atoms with Gasteiger partial charge in [0.2, 0.25) is 0 Å². The van der Waals surface area contributed by atoms with Crippen LogP contribution in [0.4, 0.5) is 0 Å². The first-order chi connectivity index (χ1) is 9.16. The molecule has 3 nitrogen and oxygen atoms in total. The average Bonchev–Trinajstić information content (AvgIpc) is 2.41. The van der Waals surface area contributed by atoms with Crippen LogP contribution in [0.5, 0.6) is 0 Å². The second-order valence-corrected chi connectivity index (χ2v) is 5.83. The molecule has 2 rings (SSSR count). The van der Waals surface area contributed by atoms with Gasteiger partial charge < -0.3 is 0 Å². The van der Waals surface area contributed by atoms with E-state index in [9.17, 15) is 4.79 Å². The molecule has 0 fully saturated rings. The van der Waals surface area contributed by atoms with Crippen molar-refractivity contribution < 1.29 is 4.79 Å². The lowest BCUT2D eigenvalue weighted by atomic mass is 10.2. The summed E-state index contributed by atoms with van der Waals surface area (Å²) in [5.41, 5.74) is 4.00. The first-order valence-corrected chi connectivity index (χ1v) is 7.37. The third kappa shape index (κ3) is 4.14. The molecule has 0 aliphatic heterocycles. The number of carbonyl (C=O) groups excluding carboxylic acids is 1. The SMILES string of the molecule is O=C(N/N=C/c1ccc(I)cc1)c1ccccc1Br. The number of rotatable bonds is 3. The zero-order valence-electron chi connectivity index (χ0n) is 9.81. The van der Waals surface area contributed by atoms with E-state index in [1.165, 1.54) is 0 Å². The highest BCUT2D eigenvalue weighted by Crippen LogP contribution is 2.15. The second-order valence-electron chi connectivity index (χ2n) is 3.73. The molecule has 2 aromatic carbocycles. The van der Waals surface area contributed by atoms with Crippen molar-refractivity contribution in [2.75, 3.05) is 0 Å². The molecule has 1 N–H and O–H groups in total. The van der Waals surface area contributed by atoms with E-state index in [0.29, 0.717) is 5.56 Å². The normalized spacial score (nSPS) is 10.6. The van der Waals surface area contributed by atoms with Gasteiger partial charge in [-0.15, -0.1) is 0 Å². The van der Waals surface area contributed by atoms with Crippen molar-refractivity contribution in [3.63, 3.8) is 0 Å². The van der Waals surface area contributed by atoms with Gasteiger partial charge in [-0.2, -0.15) is 5.10 Å². The third-order valence-corrected chi connectivity index (χ3v) is 3.78. The molecule has 0 radical (unpaired) electrons. The van der Waals surface area contributed by atoms with E-state index in [-0.39, 0.29) is 5.91 Å². The summed E-state index contributed by atoms with van der Waals surface area (Å²) in [6.07, 6.45) is 1.62. The quantitative estimate of drug-likeness (QED) is 0.450. The molecule has 0 aliphatic carbocycles. The number of nitrogens with zero attached hydrogens (tertiary/aromatic N) is 1. The maximum Gasteiger partial charge on any atom is 0.272 e. The van der Waals surface area contributed by atoms with Crippen LogP contribution >= 0.6 is 38.5 Å². The lowest BCUT2D eigenvalue weighted by Gasteiger charge is -2.01. The van der Waals surface area contributed by atoms with Gasteiger partial charge >= 0.3 is 0 Å². The van der Waals surface area contributed by atoms with Crippen molar-refractivity contribution >= 4 is 50.6 Å². The molecule has 0 unspecified atom stereocenters. The zero-order chi connectivity index (χ0) is 13.7. The van der Waals surface area contributed by atoms with Crippen LogP contribution in [0.15, 0.2) is 58.1 Å². The zero-order valence-corrected chi connectivity index (χ0v) is 13.6. The molecule has 0 heterocycles. The fourth-order valence-corrected chi connectivity index (χ4v) is 2.24. The molecule has 1 amide bonds. The number of hydrogen-bond acceptors (Lipinski definition) is 2. The molecule has 0 aliphatic rings. The second kappa shape index (κ2) is 6.81. The minimum absolute atomic E-state index is 0.241. The van der Waals surface area contributed by atoms with Crippen molar-refractivity contribution in [1.29, 1.82) is 0 Å². The van der Waals surface area contributed by atoms with Crippen LogP contribution in [0.2, 0.25) is 0 Å². The molecular weight excluding hydrogens is 419 g/mol. The smallest absolute Gasteiger partial charge is 0.267 e. The Morgan fingerprint density at radius 2 is 1.84 bits per heavy atom. The summed E-state index contributed by atoms with van der Waals surface area (Å²) in [5.74, 6) is -0.241. The van der Waals surface area contributed by atoms with E-state index in [1.807, 2.05) is 42.5 Å². The van der Waals surface area contributed by atoms with Gasteiger partial charge in [-0.25, -0.2) is 5.43 Å². The van der Waals surface area contributed by atoms with Crippen LogP contribution in [-0.4, -0.2) is 12.1 Å². The number of hydrogen-bond donors (Lipinski definition) is 1. The minimum atomic E-state index is -0.241. The van der Waals surface area contributed by atoms with Crippen molar-refractivity contribution in [2.24, 2.45) is 5.10 Å². The highest BCUT2D eigenvalue weighted by atomic mass is 127. The van der Waals surface area contributed by atoms with Crippen molar-refractivity contribution in [2.45, 2.75) is 0 Å². The van der Waals surface area contributed by atoms with Crippen LogP contribution in [0, 0.1) is 3.57 Å². The predicted molar refractivity (Wildman–Crippen MR) is 88.4 cm³/mol. The van der Waals surface area contributed by atoms with Crippen molar-refractivity contribution in [3.8, 4) is 0 Å². The van der Waals surface area contributed by atoms with Crippen LogP contribution in [-0.2, 0) is 0 Å². The first-order valence-electron chi connectivity index (χ1n) is 5.50. The molecule has 19 heavy (non-hydrogen) atoms. The number of hydrazone groups is 1.